The highest BCUT2D eigenvalue weighted by Crippen LogP contribution is 2.34. The maximum Gasteiger partial charge on any atom is 0.337 e. The van der Waals surface area contributed by atoms with E-state index < -0.39 is 0 Å². The van der Waals surface area contributed by atoms with E-state index in [1.807, 2.05) is 6.07 Å². The van der Waals surface area contributed by atoms with Crippen LogP contribution >= 0.6 is 11.8 Å². The number of carbonyl (C=O) groups is 2. The topological polar surface area (TPSA) is 59.8 Å². The molecule has 1 amide bonds. The molecular formula is C15H19N2O3S+. The van der Waals surface area contributed by atoms with E-state index in [1.54, 1.807) is 23.9 Å². The molecule has 2 heterocycles. The minimum Gasteiger partial charge on any atom is -0.465 e. The first-order chi connectivity index (χ1) is 10.2. The molecule has 1 aromatic rings. The monoisotopic (exact) mass is 307 g/mol. The molecular weight excluding hydrogens is 288 g/mol. The Kier molecular flexibility index (Phi) is 4.17. The molecule has 1 atom stereocenters. The van der Waals surface area contributed by atoms with Crippen LogP contribution in [0.15, 0.2) is 23.1 Å². The molecule has 2 aliphatic rings. The van der Waals surface area contributed by atoms with E-state index in [0.29, 0.717) is 11.3 Å². The molecule has 1 aromatic carbocycles. The number of nitrogens with one attached hydrogen (secondary N) is 2. The van der Waals surface area contributed by atoms with Gasteiger partial charge in [-0.3, -0.25) is 4.79 Å². The van der Waals surface area contributed by atoms with Gasteiger partial charge in [0.15, 0.2) is 0 Å². The maximum absolute atomic E-state index is 12.3. The van der Waals surface area contributed by atoms with Crippen molar-refractivity contribution < 1.29 is 19.2 Å². The lowest BCUT2D eigenvalue weighted by molar-refractivity contribution is -0.906. The summed E-state index contributed by atoms with van der Waals surface area (Å²) in [5, 5.41) is 2.86. The summed E-state index contributed by atoms with van der Waals surface area (Å²) in [5.41, 5.74) is 1.17. The molecule has 0 spiro atoms. The van der Waals surface area contributed by atoms with Crippen LogP contribution in [0.2, 0.25) is 0 Å². The van der Waals surface area contributed by atoms with Gasteiger partial charge >= 0.3 is 5.97 Å². The summed E-state index contributed by atoms with van der Waals surface area (Å²) in [6.07, 6.45) is 3.64. The predicted octanol–water partition coefficient (Wildman–Crippen LogP) is 0.912. The lowest BCUT2D eigenvalue weighted by Crippen LogP contribution is -3.17. The van der Waals surface area contributed by atoms with Crippen molar-refractivity contribution in [3.8, 4) is 0 Å². The van der Waals surface area contributed by atoms with Gasteiger partial charge in [0.25, 0.3) is 5.91 Å². The number of quaternary nitrogens is 1. The lowest BCUT2D eigenvalue weighted by atomic mass is 10.1. The number of thioether (sulfide) groups is 1. The summed E-state index contributed by atoms with van der Waals surface area (Å²) in [6.45, 7) is 2.11. The molecule has 0 aliphatic carbocycles. The number of carbonyl (C=O) groups excluding carboxylic acids is 2. The number of hydrogen-bond donors (Lipinski definition) is 2. The van der Waals surface area contributed by atoms with Gasteiger partial charge in [-0.05, 0) is 37.5 Å². The Hall–Kier alpha value is -1.53. The number of hydrogen-bond acceptors (Lipinski definition) is 4. The third-order valence-corrected chi connectivity index (χ3v) is 5.40. The lowest BCUT2D eigenvalue weighted by Gasteiger charge is -2.33. The van der Waals surface area contributed by atoms with Gasteiger partial charge in [0.05, 0.1) is 31.5 Å². The predicted molar refractivity (Wildman–Crippen MR) is 80.6 cm³/mol. The van der Waals surface area contributed by atoms with Crippen LogP contribution in [-0.2, 0) is 9.53 Å². The van der Waals surface area contributed by atoms with Crippen molar-refractivity contribution >= 4 is 29.3 Å². The molecule has 1 unspecified atom stereocenters. The van der Waals surface area contributed by atoms with Crippen molar-refractivity contribution in [3.05, 3.63) is 23.8 Å². The van der Waals surface area contributed by atoms with Crippen LogP contribution in [-0.4, -0.2) is 37.4 Å². The van der Waals surface area contributed by atoms with Gasteiger partial charge in [0, 0.05) is 4.90 Å². The first kappa shape index (κ1) is 14.4. The number of rotatable bonds is 2. The van der Waals surface area contributed by atoms with Crippen LogP contribution in [0, 0.1) is 0 Å². The Bertz CT molecular complexity index is 570. The highest BCUT2D eigenvalue weighted by Gasteiger charge is 2.36. The van der Waals surface area contributed by atoms with Gasteiger partial charge in [-0.15, -0.1) is 0 Å². The number of methoxy groups -OCH3 is 1. The molecule has 1 fully saturated rings. The number of likely N-dealkylation sites (tertiary alicyclic amines) is 1. The number of ether oxygens (including phenoxy) is 1. The van der Waals surface area contributed by atoms with Gasteiger partial charge < -0.3 is 15.0 Å². The van der Waals surface area contributed by atoms with Crippen molar-refractivity contribution in [1.29, 1.82) is 0 Å². The van der Waals surface area contributed by atoms with Crippen molar-refractivity contribution in [3.63, 3.8) is 0 Å². The molecule has 2 aliphatic heterocycles. The summed E-state index contributed by atoms with van der Waals surface area (Å²) in [5.74, 6) is -0.354. The summed E-state index contributed by atoms with van der Waals surface area (Å²) in [4.78, 5) is 26.3. The first-order valence-electron chi connectivity index (χ1n) is 7.23. The summed E-state index contributed by atoms with van der Waals surface area (Å²) >= 11 is 1.60. The Balaban J connectivity index is 1.81. The third kappa shape index (κ3) is 2.91. The molecule has 6 heteroatoms. The van der Waals surface area contributed by atoms with E-state index in [9.17, 15) is 9.59 Å². The zero-order valence-corrected chi connectivity index (χ0v) is 12.8. The van der Waals surface area contributed by atoms with Gasteiger partial charge in [0.1, 0.15) is 0 Å². The van der Waals surface area contributed by atoms with Crippen LogP contribution in [0.25, 0.3) is 0 Å². The number of benzene rings is 1. The molecule has 112 valence electrons. The minimum atomic E-state index is -0.388. The van der Waals surface area contributed by atoms with Gasteiger partial charge in [-0.2, -0.15) is 0 Å². The summed E-state index contributed by atoms with van der Waals surface area (Å²) in [7, 11) is 1.35. The molecule has 21 heavy (non-hydrogen) atoms. The summed E-state index contributed by atoms with van der Waals surface area (Å²) in [6, 6.07) is 5.33. The van der Waals surface area contributed by atoms with Crippen LogP contribution in [0.1, 0.15) is 29.6 Å². The molecule has 0 saturated carbocycles. The van der Waals surface area contributed by atoms with Crippen LogP contribution in [0.4, 0.5) is 5.69 Å². The highest BCUT2D eigenvalue weighted by atomic mass is 32.2. The zero-order chi connectivity index (χ0) is 14.8. The molecule has 2 N–H and O–H groups in total. The SMILES string of the molecule is COC(=O)c1ccc2c(c1)NC(=O)C([NH+]1CCCCC1)S2. The molecule has 1 saturated heterocycles. The smallest absolute Gasteiger partial charge is 0.337 e. The molecule has 5 nitrogen and oxygen atoms in total. The normalized spacial score (nSPS) is 22.3. The Labute approximate surface area is 128 Å². The van der Waals surface area contributed by atoms with E-state index in [0.717, 1.165) is 18.0 Å². The molecule has 3 rings (SSSR count). The molecule has 0 bridgehead atoms. The van der Waals surface area contributed by atoms with E-state index in [4.69, 9.17) is 4.74 Å². The van der Waals surface area contributed by atoms with E-state index in [1.165, 1.54) is 31.3 Å². The van der Waals surface area contributed by atoms with Crippen molar-refractivity contribution in [2.45, 2.75) is 29.5 Å². The average Bonchev–Trinajstić information content (AvgIpc) is 2.53. The second kappa shape index (κ2) is 6.07. The van der Waals surface area contributed by atoms with Crippen molar-refractivity contribution in [2.75, 3.05) is 25.5 Å². The second-order valence-corrected chi connectivity index (χ2v) is 6.56. The van der Waals surface area contributed by atoms with Crippen molar-refractivity contribution in [2.24, 2.45) is 0 Å². The van der Waals surface area contributed by atoms with Gasteiger partial charge in [0.2, 0.25) is 5.37 Å². The van der Waals surface area contributed by atoms with Crippen molar-refractivity contribution in [1.82, 2.24) is 0 Å². The fourth-order valence-electron chi connectivity index (χ4n) is 2.89. The fraction of sp³-hybridized carbons (Fsp3) is 0.467. The number of amides is 1. The minimum absolute atomic E-state index is 0.0337. The standard InChI is InChI=1S/C15H18N2O3S/c1-20-15(19)10-5-6-12-11(9-10)16-13(18)14(21-12)17-7-3-2-4-8-17/h5-6,9,14H,2-4,7-8H2,1H3,(H,16,18)/p+1. The van der Waals surface area contributed by atoms with E-state index >= 15 is 0 Å². The van der Waals surface area contributed by atoms with Gasteiger partial charge in [-0.1, -0.05) is 11.8 Å². The number of piperidine rings is 1. The van der Waals surface area contributed by atoms with Crippen LogP contribution in [0.3, 0.4) is 0 Å². The Morgan fingerprint density at radius 1 is 1.33 bits per heavy atom. The van der Waals surface area contributed by atoms with Crippen LogP contribution in [0.5, 0.6) is 0 Å². The Morgan fingerprint density at radius 3 is 2.81 bits per heavy atom. The first-order valence-corrected chi connectivity index (χ1v) is 8.11. The molecule has 0 radical (unpaired) electrons. The number of esters is 1. The fourth-order valence-corrected chi connectivity index (χ4v) is 4.10. The van der Waals surface area contributed by atoms with E-state index in [2.05, 4.69) is 5.32 Å². The summed E-state index contributed by atoms with van der Waals surface area (Å²) < 4.78 is 4.71. The molecule has 0 aromatic heterocycles. The third-order valence-electron chi connectivity index (χ3n) is 4.01. The quantitative estimate of drug-likeness (QED) is 0.798. The highest BCUT2D eigenvalue weighted by molar-refractivity contribution is 8.00. The second-order valence-electron chi connectivity index (χ2n) is 5.41. The number of anilines is 1. The average molecular weight is 307 g/mol. The van der Waals surface area contributed by atoms with Crippen LogP contribution < -0.4 is 10.2 Å². The van der Waals surface area contributed by atoms with Gasteiger partial charge in [-0.25, -0.2) is 4.79 Å². The van der Waals surface area contributed by atoms with E-state index in [-0.39, 0.29) is 17.3 Å². The number of fused-ring (bicyclic) bond motifs is 1. The Morgan fingerprint density at radius 2 is 2.10 bits per heavy atom. The largest absolute Gasteiger partial charge is 0.465 e. The maximum atomic E-state index is 12.3. The zero-order valence-electron chi connectivity index (χ0n) is 12.0.